The van der Waals surface area contributed by atoms with Crippen molar-refractivity contribution in [2.24, 2.45) is 7.05 Å². The molecule has 1 fully saturated rings. The number of likely N-dealkylation sites (tertiary alicyclic amines) is 1. The van der Waals surface area contributed by atoms with Gasteiger partial charge in [-0.15, -0.1) is 5.10 Å². The number of nitrogens with zero attached hydrogens (tertiary/aromatic N) is 6. The molecular weight excluding hydrogens is 326 g/mol. The second-order valence-corrected chi connectivity index (χ2v) is 6.72. The zero-order chi connectivity index (χ0) is 16.8. The van der Waals surface area contributed by atoms with Crippen LogP contribution in [0.4, 0.5) is 0 Å². The maximum Gasteiger partial charge on any atom is 0.242 e. The van der Waals surface area contributed by atoms with Crippen LogP contribution in [0.2, 0.25) is 0 Å². The number of aryl methyl sites for hydroxylation is 1. The minimum absolute atomic E-state index is 0.0293. The van der Waals surface area contributed by atoms with Gasteiger partial charge in [0.05, 0.1) is 0 Å². The summed E-state index contributed by atoms with van der Waals surface area (Å²) >= 11 is 1.52. The van der Waals surface area contributed by atoms with E-state index in [1.807, 2.05) is 12.1 Å². The molecular formula is C15H21N7OS. The SMILES string of the molecule is Cn1nnnc1SCCNC(=O)[C@H](c1cccnc1)N1CCCC1. The molecule has 0 radical (unpaired) electrons. The Kier molecular flexibility index (Phi) is 5.76. The molecule has 0 saturated carbocycles. The topological polar surface area (TPSA) is 88.8 Å². The summed E-state index contributed by atoms with van der Waals surface area (Å²) in [7, 11) is 1.80. The quantitative estimate of drug-likeness (QED) is 0.581. The average Bonchev–Trinajstić information content (AvgIpc) is 3.25. The second kappa shape index (κ2) is 8.20. The van der Waals surface area contributed by atoms with Crippen LogP contribution in [-0.2, 0) is 11.8 Å². The number of rotatable bonds is 7. The number of carbonyl (C=O) groups excluding carboxylic acids is 1. The highest BCUT2D eigenvalue weighted by molar-refractivity contribution is 7.99. The van der Waals surface area contributed by atoms with Crippen LogP contribution in [0, 0.1) is 0 Å². The lowest BCUT2D eigenvalue weighted by Gasteiger charge is -2.26. The van der Waals surface area contributed by atoms with Crippen molar-refractivity contribution in [3.63, 3.8) is 0 Å². The van der Waals surface area contributed by atoms with Crippen molar-refractivity contribution in [2.45, 2.75) is 24.0 Å². The molecule has 1 atom stereocenters. The molecule has 2 aromatic rings. The lowest BCUT2D eigenvalue weighted by atomic mass is 10.1. The predicted octanol–water partition coefficient (Wildman–Crippen LogP) is 0.650. The summed E-state index contributed by atoms with van der Waals surface area (Å²) in [6.07, 6.45) is 5.79. The summed E-state index contributed by atoms with van der Waals surface area (Å²) < 4.78 is 1.62. The minimum Gasteiger partial charge on any atom is -0.354 e. The Morgan fingerprint density at radius 3 is 2.92 bits per heavy atom. The van der Waals surface area contributed by atoms with E-state index in [0.717, 1.165) is 42.4 Å². The molecule has 0 aromatic carbocycles. The third-order valence-corrected chi connectivity index (χ3v) is 4.98. The summed E-state index contributed by atoms with van der Waals surface area (Å²) in [4.78, 5) is 19.1. The molecule has 1 N–H and O–H groups in total. The van der Waals surface area contributed by atoms with Gasteiger partial charge in [-0.3, -0.25) is 14.7 Å². The third kappa shape index (κ3) is 4.09. The van der Waals surface area contributed by atoms with E-state index in [4.69, 9.17) is 0 Å². The number of tetrazole rings is 1. The lowest BCUT2D eigenvalue weighted by Crippen LogP contribution is -2.40. The zero-order valence-corrected chi connectivity index (χ0v) is 14.4. The standard InChI is InChI=1S/C15H21N7OS/c1-21-15(18-19-20-21)24-10-7-17-14(23)13(22-8-2-3-9-22)12-5-4-6-16-11-12/h4-6,11,13H,2-3,7-10H2,1H3,(H,17,23)/t13-/m0/s1. The van der Waals surface area contributed by atoms with E-state index < -0.39 is 0 Å². The first kappa shape index (κ1) is 16.8. The van der Waals surface area contributed by atoms with Crippen LogP contribution in [0.1, 0.15) is 24.4 Å². The van der Waals surface area contributed by atoms with Crippen molar-refractivity contribution < 1.29 is 4.79 Å². The fraction of sp³-hybridized carbons (Fsp3) is 0.533. The number of nitrogens with one attached hydrogen (secondary N) is 1. The van der Waals surface area contributed by atoms with Crippen LogP contribution in [0.15, 0.2) is 29.7 Å². The summed E-state index contributed by atoms with van der Waals surface area (Å²) in [5, 5.41) is 15.1. The Morgan fingerprint density at radius 2 is 2.25 bits per heavy atom. The highest BCUT2D eigenvalue weighted by atomic mass is 32.2. The van der Waals surface area contributed by atoms with Crippen molar-refractivity contribution in [3.8, 4) is 0 Å². The maximum absolute atomic E-state index is 12.7. The molecule has 0 spiro atoms. The minimum atomic E-state index is -0.261. The Balaban J connectivity index is 1.56. The Bertz CT molecular complexity index is 657. The van der Waals surface area contributed by atoms with Gasteiger partial charge < -0.3 is 5.32 Å². The smallest absolute Gasteiger partial charge is 0.242 e. The Labute approximate surface area is 145 Å². The van der Waals surface area contributed by atoms with E-state index >= 15 is 0 Å². The maximum atomic E-state index is 12.7. The van der Waals surface area contributed by atoms with Crippen LogP contribution < -0.4 is 5.32 Å². The Hall–Kier alpha value is -2.00. The van der Waals surface area contributed by atoms with Crippen LogP contribution >= 0.6 is 11.8 Å². The largest absolute Gasteiger partial charge is 0.354 e. The molecule has 1 aliphatic rings. The fourth-order valence-electron chi connectivity index (χ4n) is 2.82. The molecule has 0 bridgehead atoms. The van der Waals surface area contributed by atoms with E-state index in [2.05, 4.69) is 30.7 Å². The fourth-order valence-corrected chi connectivity index (χ4v) is 3.53. The van der Waals surface area contributed by atoms with Gasteiger partial charge in [-0.2, -0.15) is 0 Å². The molecule has 1 aliphatic heterocycles. The van der Waals surface area contributed by atoms with Crippen molar-refractivity contribution in [1.82, 2.24) is 35.4 Å². The lowest BCUT2D eigenvalue weighted by molar-refractivity contribution is -0.126. The van der Waals surface area contributed by atoms with Gasteiger partial charge in [-0.1, -0.05) is 17.8 Å². The third-order valence-electron chi connectivity index (χ3n) is 3.97. The number of carbonyl (C=O) groups is 1. The molecule has 3 heterocycles. The number of amides is 1. The van der Waals surface area contributed by atoms with Gasteiger partial charge >= 0.3 is 0 Å². The van der Waals surface area contributed by atoms with Crippen LogP contribution in [0.25, 0.3) is 0 Å². The molecule has 24 heavy (non-hydrogen) atoms. The Morgan fingerprint density at radius 1 is 1.42 bits per heavy atom. The number of aromatic nitrogens is 5. The molecule has 0 unspecified atom stereocenters. The molecule has 1 amide bonds. The van der Waals surface area contributed by atoms with Gasteiger partial charge in [0, 0.05) is 31.7 Å². The summed E-state index contributed by atoms with van der Waals surface area (Å²) in [6, 6.07) is 3.58. The summed E-state index contributed by atoms with van der Waals surface area (Å²) in [6.45, 7) is 2.47. The van der Waals surface area contributed by atoms with E-state index in [9.17, 15) is 4.79 Å². The molecule has 128 valence electrons. The molecule has 1 saturated heterocycles. The van der Waals surface area contributed by atoms with Crippen LogP contribution in [-0.4, -0.2) is 61.4 Å². The number of pyridine rings is 1. The molecule has 0 aliphatic carbocycles. The number of hydrogen-bond acceptors (Lipinski definition) is 7. The van der Waals surface area contributed by atoms with Gasteiger partial charge in [0.1, 0.15) is 6.04 Å². The molecule has 2 aromatic heterocycles. The average molecular weight is 347 g/mol. The van der Waals surface area contributed by atoms with E-state index in [-0.39, 0.29) is 11.9 Å². The number of thioether (sulfide) groups is 1. The van der Waals surface area contributed by atoms with Gasteiger partial charge in [-0.25, -0.2) is 4.68 Å². The zero-order valence-electron chi connectivity index (χ0n) is 13.6. The van der Waals surface area contributed by atoms with Crippen molar-refractivity contribution >= 4 is 17.7 Å². The van der Waals surface area contributed by atoms with E-state index in [1.165, 1.54) is 11.8 Å². The van der Waals surface area contributed by atoms with Gasteiger partial charge in [0.25, 0.3) is 0 Å². The highest BCUT2D eigenvalue weighted by Gasteiger charge is 2.29. The van der Waals surface area contributed by atoms with Crippen LogP contribution in [0.3, 0.4) is 0 Å². The molecule has 3 rings (SSSR count). The first-order valence-electron chi connectivity index (χ1n) is 8.02. The molecule has 8 nitrogen and oxygen atoms in total. The number of hydrogen-bond donors (Lipinski definition) is 1. The van der Waals surface area contributed by atoms with E-state index in [0.29, 0.717) is 6.54 Å². The van der Waals surface area contributed by atoms with Gasteiger partial charge in [0.2, 0.25) is 11.1 Å². The predicted molar refractivity (Wildman–Crippen MR) is 90.3 cm³/mol. The first-order valence-corrected chi connectivity index (χ1v) is 9.01. The van der Waals surface area contributed by atoms with Crippen molar-refractivity contribution in [1.29, 1.82) is 0 Å². The summed E-state index contributed by atoms with van der Waals surface area (Å²) in [5.41, 5.74) is 0.946. The first-order chi connectivity index (χ1) is 11.8. The van der Waals surface area contributed by atoms with Gasteiger partial charge in [0.15, 0.2) is 0 Å². The monoisotopic (exact) mass is 347 g/mol. The highest BCUT2D eigenvalue weighted by Crippen LogP contribution is 2.24. The van der Waals surface area contributed by atoms with Crippen LogP contribution in [0.5, 0.6) is 0 Å². The normalized spacial score (nSPS) is 16.2. The van der Waals surface area contributed by atoms with Crippen molar-refractivity contribution in [3.05, 3.63) is 30.1 Å². The van der Waals surface area contributed by atoms with E-state index in [1.54, 1.807) is 24.1 Å². The second-order valence-electron chi connectivity index (χ2n) is 5.66. The van der Waals surface area contributed by atoms with Gasteiger partial charge in [-0.05, 0) is 48.0 Å². The van der Waals surface area contributed by atoms with Crippen molar-refractivity contribution in [2.75, 3.05) is 25.4 Å². The molecule has 9 heteroatoms. The summed E-state index contributed by atoms with van der Waals surface area (Å²) in [5.74, 6) is 0.751.